The van der Waals surface area contributed by atoms with E-state index in [1.807, 2.05) is 0 Å². The van der Waals surface area contributed by atoms with Crippen LogP contribution in [0.1, 0.15) is 26.3 Å². The highest BCUT2D eigenvalue weighted by molar-refractivity contribution is 5.95. The van der Waals surface area contributed by atoms with E-state index in [1.54, 1.807) is 0 Å². The number of nitro groups is 1. The summed E-state index contributed by atoms with van der Waals surface area (Å²) >= 11 is 0. The van der Waals surface area contributed by atoms with Crippen LogP contribution in [-0.2, 0) is 11.3 Å². The van der Waals surface area contributed by atoms with Crippen molar-refractivity contribution in [3.63, 3.8) is 0 Å². The van der Waals surface area contributed by atoms with Crippen molar-refractivity contribution in [3.8, 4) is 0 Å². The molecule has 0 aliphatic rings. The maximum atomic E-state index is 11.8. The molecule has 0 unspecified atom stereocenters. The topological polar surface area (TPSA) is 113 Å². The van der Waals surface area contributed by atoms with Gasteiger partial charge in [0.15, 0.2) is 0 Å². The number of carbonyl (C=O) groups is 2. The molecule has 2 aromatic carbocycles. The van der Waals surface area contributed by atoms with Gasteiger partial charge in [-0.05, 0) is 42.0 Å². The molecule has 0 heterocycles. The van der Waals surface area contributed by atoms with Crippen molar-refractivity contribution < 1.29 is 19.2 Å². The predicted molar refractivity (Wildman–Crippen MR) is 77.2 cm³/mol. The Balaban J connectivity index is 1.97. The Labute approximate surface area is 125 Å². The van der Waals surface area contributed by atoms with Crippen LogP contribution in [0.4, 0.5) is 5.69 Å². The number of nitrogens with zero attached hydrogens (tertiary/aromatic N) is 1. The second-order valence-corrected chi connectivity index (χ2v) is 4.44. The summed E-state index contributed by atoms with van der Waals surface area (Å²) in [4.78, 5) is 32.8. The number of nitrogens with two attached hydrogens (primary N) is 1. The summed E-state index contributed by atoms with van der Waals surface area (Å²) in [6.07, 6.45) is 0. The van der Waals surface area contributed by atoms with Crippen molar-refractivity contribution in [1.29, 1.82) is 0 Å². The number of esters is 1. The molecule has 0 fully saturated rings. The van der Waals surface area contributed by atoms with E-state index in [0.717, 1.165) is 0 Å². The molecule has 1 amide bonds. The summed E-state index contributed by atoms with van der Waals surface area (Å²) in [6.45, 7) is -0.00556. The first-order valence-electron chi connectivity index (χ1n) is 6.27. The highest BCUT2D eigenvalue weighted by Gasteiger charge is 2.09. The Morgan fingerprint density at radius 2 is 1.55 bits per heavy atom. The second-order valence-electron chi connectivity index (χ2n) is 4.44. The number of non-ortho nitro benzene ring substituents is 1. The maximum absolute atomic E-state index is 11.8. The van der Waals surface area contributed by atoms with Crippen LogP contribution >= 0.6 is 0 Å². The molecule has 0 saturated heterocycles. The van der Waals surface area contributed by atoms with Gasteiger partial charge in [-0.2, -0.15) is 0 Å². The average molecular weight is 300 g/mol. The van der Waals surface area contributed by atoms with Gasteiger partial charge < -0.3 is 10.5 Å². The quantitative estimate of drug-likeness (QED) is 0.516. The molecule has 0 saturated carbocycles. The van der Waals surface area contributed by atoms with Gasteiger partial charge in [0.1, 0.15) is 6.61 Å². The lowest BCUT2D eigenvalue weighted by Crippen LogP contribution is -2.11. The number of ether oxygens (including phenoxy) is 1. The van der Waals surface area contributed by atoms with Crippen LogP contribution in [0.5, 0.6) is 0 Å². The average Bonchev–Trinajstić information content (AvgIpc) is 2.53. The standard InChI is InChI=1S/C15H12N2O5/c16-14(18)11-3-5-12(6-4-11)15(19)22-9-10-1-7-13(8-2-10)17(20)21/h1-8H,9H2,(H2,16,18). The molecule has 7 heteroatoms. The minimum atomic E-state index is -0.578. The molecule has 7 nitrogen and oxygen atoms in total. The fourth-order valence-electron chi connectivity index (χ4n) is 1.72. The van der Waals surface area contributed by atoms with Crippen molar-refractivity contribution in [2.24, 2.45) is 5.73 Å². The van der Waals surface area contributed by atoms with E-state index < -0.39 is 16.8 Å². The van der Waals surface area contributed by atoms with E-state index >= 15 is 0 Å². The zero-order chi connectivity index (χ0) is 16.1. The van der Waals surface area contributed by atoms with Crippen LogP contribution in [0.15, 0.2) is 48.5 Å². The molecule has 112 valence electrons. The van der Waals surface area contributed by atoms with Crippen molar-refractivity contribution in [1.82, 2.24) is 0 Å². The molecular weight excluding hydrogens is 288 g/mol. The molecule has 0 spiro atoms. The van der Waals surface area contributed by atoms with Gasteiger partial charge in [-0.25, -0.2) is 4.79 Å². The van der Waals surface area contributed by atoms with Gasteiger partial charge in [0.25, 0.3) is 5.69 Å². The molecule has 22 heavy (non-hydrogen) atoms. The van der Waals surface area contributed by atoms with Gasteiger partial charge in [-0.3, -0.25) is 14.9 Å². The van der Waals surface area contributed by atoms with Crippen molar-refractivity contribution in [3.05, 3.63) is 75.3 Å². The van der Waals surface area contributed by atoms with Crippen molar-refractivity contribution >= 4 is 17.6 Å². The summed E-state index contributed by atoms with van der Waals surface area (Å²) < 4.78 is 5.09. The molecule has 0 aromatic heterocycles. The Bertz CT molecular complexity index is 708. The normalized spacial score (nSPS) is 10.0. The van der Waals surface area contributed by atoms with Crippen molar-refractivity contribution in [2.45, 2.75) is 6.61 Å². The first-order chi connectivity index (χ1) is 10.5. The van der Waals surface area contributed by atoms with Gasteiger partial charge in [0, 0.05) is 17.7 Å². The zero-order valence-corrected chi connectivity index (χ0v) is 11.4. The number of amides is 1. The van der Waals surface area contributed by atoms with Gasteiger partial charge in [-0.15, -0.1) is 0 Å². The fraction of sp³-hybridized carbons (Fsp3) is 0.0667. The van der Waals surface area contributed by atoms with Crippen LogP contribution in [0.3, 0.4) is 0 Å². The summed E-state index contributed by atoms with van der Waals surface area (Å²) in [7, 11) is 0. The van der Waals surface area contributed by atoms with Crippen LogP contribution in [0.25, 0.3) is 0 Å². The predicted octanol–water partition coefficient (Wildman–Crippen LogP) is 2.05. The Kier molecular flexibility index (Phi) is 4.47. The number of carbonyl (C=O) groups excluding carboxylic acids is 2. The Hall–Kier alpha value is -3.22. The number of hydrogen-bond donors (Lipinski definition) is 1. The van der Waals surface area contributed by atoms with Crippen molar-refractivity contribution in [2.75, 3.05) is 0 Å². The Morgan fingerprint density at radius 1 is 1.00 bits per heavy atom. The number of hydrogen-bond acceptors (Lipinski definition) is 5. The Morgan fingerprint density at radius 3 is 2.05 bits per heavy atom. The third-order valence-corrected chi connectivity index (χ3v) is 2.92. The van der Waals surface area contributed by atoms with E-state index in [-0.39, 0.29) is 17.9 Å². The number of benzene rings is 2. The number of rotatable bonds is 5. The lowest BCUT2D eigenvalue weighted by atomic mass is 10.1. The second kappa shape index (κ2) is 6.49. The summed E-state index contributed by atoms with van der Waals surface area (Å²) in [5, 5.41) is 10.5. The summed E-state index contributed by atoms with van der Waals surface area (Å²) in [6, 6.07) is 11.5. The lowest BCUT2D eigenvalue weighted by Gasteiger charge is -2.05. The van der Waals surface area contributed by atoms with Crippen LogP contribution in [0, 0.1) is 10.1 Å². The van der Waals surface area contributed by atoms with E-state index in [1.165, 1.54) is 48.5 Å². The summed E-state index contributed by atoms with van der Waals surface area (Å²) in [5.41, 5.74) is 6.29. The molecule has 2 N–H and O–H groups in total. The molecule has 2 aromatic rings. The fourth-order valence-corrected chi connectivity index (χ4v) is 1.72. The van der Waals surface area contributed by atoms with Gasteiger partial charge in [0.2, 0.25) is 5.91 Å². The first-order valence-corrected chi connectivity index (χ1v) is 6.27. The molecule has 2 rings (SSSR count). The molecular formula is C15H12N2O5. The monoisotopic (exact) mass is 300 g/mol. The van der Waals surface area contributed by atoms with E-state index in [0.29, 0.717) is 11.1 Å². The van der Waals surface area contributed by atoms with Crippen LogP contribution < -0.4 is 5.73 Å². The number of primary amides is 1. The lowest BCUT2D eigenvalue weighted by molar-refractivity contribution is -0.384. The third-order valence-electron chi connectivity index (χ3n) is 2.92. The van der Waals surface area contributed by atoms with E-state index in [4.69, 9.17) is 10.5 Å². The molecule has 0 aliphatic carbocycles. The molecule has 0 aliphatic heterocycles. The van der Waals surface area contributed by atoms with Gasteiger partial charge >= 0.3 is 5.97 Å². The minimum Gasteiger partial charge on any atom is -0.457 e. The SMILES string of the molecule is NC(=O)c1ccc(C(=O)OCc2ccc([N+](=O)[O-])cc2)cc1. The van der Waals surface area contributed by atoms with Crippen LogP contribution in [-0.4, -0.2) is 16.8 Å². The van der Waals surface area contributed by atoms with Crippen LogP contribution in [0.2, 0.25) is 0 Å². The smallest absolute Gasteiger partial charge is 0.338 e. The molecule has 0 radical (unpaired) electrons. The zero-order valence-electron chi connectivity index (χ0n) is 11.4. The first kappa shape index (κ1) is 15.2. The van der Waals surface area contributed by atoms with Gasteiger partial charge in [0.05, 0.1) is 10.5 Å². The van der Waals surface area contributed by atoms with Gasteiger partial charge in [-0.1, -0.05) is 0 Å². The number of nitro benzene ring substituents is 1. The molecule has 0 atom stereocenters. The maximum Gasteiger partial charge on any atom is 0.338 e. The van der Waals surface area contributed by atoms with E-state index in [9.17, 15) is 19.7 Å². The highest BCUT2D eigenvalue weighted by Crippen LogP contribution is 2.13. The summed E-state index contributed by atoms with van der Waals surface area (Å²) in [5.74, 6) is -1.14. The highest BCUT2D eigenvalue weighted by atomic mass is 16.6. The van der Waals surface area contributed by atoms with E-state index in [2.05, 4.69) is 0 Å². The third kappa shape index (κ3) is 3.66. The minimum absolute atomic E-state index is 0.00556. The largest absolute Gasteiger partial charge is 0.457 e. The molecule has 0 bridgehead atoms.